The number of aliphatic hydroxyl groups is 1. The molecule has 3 rings (SSSR count). The van der Waals surface area contributed by atoms with Gasteiger partial charge in [-0.15, -0.1) is 0 Å². The summed E-state index contributed by atoms with van der Waals surface area (Å²) < 4.78 is 6.46. The van der Waals surface area contributed by atoms with Crippen LogP contribution < -0.4 is 10.6 Å². The van der Waals surface area contributed by atoms with Crippen molar-refractivity contribution in [2.75, 3.05) is 13.2 Å². The molecule has 0 aromatic rings. The smallest absolute Gasteiger partial charge is 0.246 e. The van der Waals surface area contributed by atoms with Crippen LogP contribution in [0.25, 0.3) is 0 Å². The van der Waals surface area contributed by atoms with Crippen LogP contribution in [0.2, 0.25) is 0 Å². The molecule has 1 spiro atoms. The van der Waals surface area contributed by atoms with Gasteiger partial charge in [-0.25, -0.2) is 0 Å². The number of likely N-dealkylation sites (tertiary alicyclic amines) is 1. The van der Waals surface area contributed by atoms with E-state index in [0.717, 1.165) is 6.42 Å². The lowest BCUT2D eigenvalue weighted by Gasteiger charge is -2.37. The third-order valence-corrected chi connectivity index (χ3v) is 6.53. The van der Waals surface area contributed by atoms with Crippen LogP contribution in [-0.4, -0.2) is 69.7 Å². The van der Waals surface area contributed by atoms with Crippen molar-refractivity contribution in [2.24, 2.45) is 11.8 Å². The van der Waals surface area contributed by atoms with Crippen molar-refractivity contribution in [1.82, 2.24) is 15.5 Å². The maximum atomic E-state index is 13.6. The van der Waals surface area contributed by atoms with Crippen LogP contribution >= 0.6 is 0 Å². The van der Waals surface area contributed by atoms with Crippen molar-refractivity contribution in [3.05, 3.63) is 0 Å². The number of fused-ring (bicyclic) bond motifs is 1. The molecule has 0 aromatic carbocycles. The highest BCUT2D eigenvalue weighted by Gasteiger charge is 2.78. The number of nitrogens with zero attached hydrogens (tertiary/aromatic N) is 1. The van der Waals surface area contributed by atoms with Crippen LogP contribution in [-0.2, 0) is 19.1 Å². The Bertz CT molecular complexity index is 705. The summed E-state index contributed by atoms with van der Waals surface area (Å²) in [5.74, 6) is -2.13. The van der Waals surface area contributed by atoms with E-state index in [1.807, 2.05) is 34.6 Å². The van der Waals surface area contributed by atoms with Gasteiger partial charge in [0.25, 0.3) is 0 Å². The summed E-state index contributed by atoms with van der Waals surface area (Å²) in [4.78, 5) is 41.4. The number of hydrogen-bond donors (Lipinski definition) is 3. The third-order valence-electron chi connectivity index (χ3n) is 6.53. The molecule has 0 radical (unpaired) electrons. The molecule has 2 bridgehead atoms. The third kappa shape index (κ3) is 3.34. The molecule has 3 aliphatic rings. The van der Waals surface area contributed by atoms with E-state index >= 15 is 0 Å². The molecule has 8 nitrogen and oxygen atoms in total. The van der Waals surface area contributed by atoms with Crippen molar-refractivity contribution in [3.63, 3.8) is 0 Å². The Morgan fingerprint density at radius 3 is 2.52 bits per heavy atom. The van der Waals surface area contributed by atoms with Crippen LogP contribution in [0.1, 0.15) is 60.8 Å². The molecule has 3 aliphatic heterocycles. The number of carbonyl (C=O) groups is 3. The van der Waals surface area contributed by atoms with Gasteiger partial charge in [-0.2, -0.15) is 0 Å². The Labute approximate surface area is 172 Å². The number of hydrogen-bond acceptors (Lipinski definition) is 5. The number of nitrogens with one attached hydrogen (secondary N) is 2. The van der Waals surface area contributed by atoms with Gasteiger partial charge in [0, 0.05) is 12.1 Å². The average molecular weight is 410 g/mol. The Balaban J connectivity index is 2.05. The fourth-order valence-electron chi connectivity index (χ4n) is 5.42. The number of rotatable bonds is 6. The quantitative estimate of drug-likeness (QED) is 0.595. The molecule has 3 fully saturated rings. The SMILES string of the molecule is CCCNC(=O)[C@H]1[C@H]2C(=O)N([C@H](C)CO)C(C(=O)NC(C)(C)C)C23CC[C@]1(C)O3. The summed E-state index contributed by atoms with van der Waals surface area (Å²) in [6.45, 7) is 11.5. The zero-order valence-electron chi connectivity index (χ0n) is 18.4. The van der Waals surface area contributed by atoms with Gasteiger partial charge in [0.2, 0.25) is 17.7 Å². The van der Waals surface area contributed by atoms with E-state index in [9.17, 15) is 19.5 Å². The van der Waals surface area contributed by atoms with E-state index in [0.29, 0.717) is 19.4 Å². The average Bonchev–Trinajstić information content (AvgIpc) is 3.18. The minimum absolute atomic E-state index is 0.192. The molecular formula is C21H35N3O5. The molecule has 3 N–H and O–H groups in total. The van der Waals surface area contributed by atoms with Crippen molar-refractivity contribution < 1.29 is 24.2 Å². The first-order valence-corrected chi connectivity index (χ1v) is 10.6. The van der Waals surface area contributed by atoms with Crippen LogP contribution in [0, 0.1) is 11.8 Å². The number of carbonyl (C=O) groups excluding carboxylic acids is 3. The maximum absolute atomic E-state index is 13.6. The number of amides is 3. The molecule has 6 atom stereocenters. The fraction of sp³-hybridized carbons (Fsp3) is 0.857. The second-order valence-corrected chi connectivity index (χ2v) is 10.0. The summed E-state index contributed by atoms with van der Waals surface area (Å²) in [7, 11) is 0. The lowest BCUT2D eigenvalue weighted by atomic mass is 9.66. The first-order valence-electron chi connectivity index (χ1n) is 10.6. The summed E-state index contributed by atoms with van der Waals surface area (Å²) in [6, 6.07) is -1.42. The summed E-state index contributed by atoms with van der Waals surface area (Å²) in [5.41, 5.74) is -2.30. The maximum Gasteiger partial charge on any atom is 0.246 e. The normalized spacial score (nSPS) is 36.9. The largest absolute Gasteiger partial charge is 0.394 e. The van der Waals surface area contributed by atoms with Crippen molar-refractivity contribution in [1.29, 1.82) is 0 Å². The molecule has 8 heteroatoms. The minimum Gasteiger partial charge on any atom is -0.394 e. The van der Waals surface area contributed by atoms with Gasteiger partial charge in [-0.05, 0) is 53.9 Å². The van der Waals surface area contributed by atoms with Crippen molar-refractivity contribution >= 4 is 17.7 Å². The van der Waals surface area contributed by atoms with E-state index in [2.05, 4.69) is 10.6 Å². The molecule has 0 aliphatic carbocycles. The van der Waals surface area contributed by atoms with Crippen LogP contribution in [0.15, 0.2) is 0 Å². The van der Waals surface area contributed by atoms with E-state index in [1.54, 1.807) is 6.92 Å². The molecule has 3 saturated heterocycles. The Kier molecular flexibility index (Phi) is 5.49. The van der Waals surface area contributed by atoms with Crippen molar-refractivity contribution in [3.8, 4) is 0 Å². The Hall–Kier alpha value is -1.67. The number of ether oxygens (including phenoxy) is 1. The van der Waals surface area contributed by atoms with E-state index in [1.165, 1.54) is 4.90 Å². The monoisotopic (exact) mass is 409 g/mol. The van der Waals surface area contributed by atoms with Gasteiger partial charge in [0.15, 0.2) is 0 Å². The molecular weight excluding hydrogens is 374 g/mol. The van der Waals surface area contributed by atoms with E-state index in [-0.39, 0.29) is 24.3 Å². The van der Waals surface area contributed by atoms with Gasteiger partial charge in [-0.1, -0.05) is 6.92 Å². The highest BCUT2D eigenvalue weighted by molar-refractivity contribution is 5.99. The minimum atomic E-state index is -1.04. The van der Waals surface area contributed by atoms with E-state index < -0.39 is 40.7 Å². The standard InChI is InChI=1S/C21H35N3O5/c1-7-10-22-16(26)13-14-18(28)24(12(2)11-25)15(17(27)23-19(3,4)5)21(14)9-8-20(13,6)29-21/h12-15,25H,7-11H2,1-6H3,(H,22,26)(H,23,27)/t12-,13-,14+,15?,20+,21?/m1/s1. The predicted octanol–water partition coefficient (Wildman–Crippen LogP) is 0.573. The molecule has 0 saturated carbocycles. The van der Waals surface area contributed by atoms with Gasteiger partial charge in [-0.3, -0.25) is 14.4 Å². The lowest BCUT2D eigenvalue weighted by molar-refractivity contribution is -0.149. The van der Waals surface area contributed by atoms with Crippen LogP contribution in [0.3, 0.4) is 0 Å². The Morgan fingerprint density at radius 2 is 1.97 bits per heavy atom. The van der Waals surface area contributed by atoms with Crippen molar-refractivity contribution in [2.45, 2.75) is 89.6 Å². The molecule has 0 aromatic heterocycles. The predicted molar refractivity (Wildman–Crippen MR) is 107 cm³/mol. The topological polar surface area (TPSA) is 108 Å². The summed E-state index contributed by atoms with van der Waals surface area (Å²) in [6.07, 6.45) is 1.94. The fourth-order valence-corrected chi connectivity index (χ4v) is 5.42. The molecule has 2 unspecified atom stereocenters. The van der Waals surface area contributed by atoms with Crippen LogP contribution in [0.4, 0.5) is 0 Å². The number of aliphatic hydroxyl groups excluding tert-OH is 1. The Morgan fingerprint density at radius 1 is 1.31 bits per heavy atom. The second kappa shape index (κ2) is 7.23. The van der Waals surface area contributed by atoms with Gasteiger partial charge in [0.1, 0.15) is 11.6 Å². The zero-order chi connectivity index (χ0) is 21.8. The first-order chi connectivity index (χ1) is 13.4. The molecule has 3 amide bonds. The second-order valence-electron chi connectivity index (χ2n) is 10.0. The van der Waals surface area contributed by atoms with Gasteiger partial charge in [0.05, 0.1) is 30.1 Å². The molecule has 164 valence electrons. The highest BCUT2D eigenvalue weighted by Crippen LogP contribution is 2.63. The first kappa shape index (κ1) is 22.0. The zero-order valence-corrected chi connectivity index (χ0v) is 18.4. The highest BCUT2D eigenvalue weighted by atomic mass is 16.5. The summed E-state index contributed by atoms with van der Waals surface area (Å²) >= 11 is 0. The van der Waals surface area contributed by atoms with E-state index in [4.69, 9.17) is 4.74 Å². The van der Waals surface area contributed by atoms with Gasteiger partial charge < -0.3 is 25.4 Å². The van der Waals surface area contributed by atoms with Gasteiger partial charge >= 0.3 is 0 Å². The van der Waals surface area contributed by atoms with Crippen LogP contribution in [0.5, 0.6) is 0 Å². The lowest BCUT2D eigenvalue weighted by Crippen LogP contribution is -2.60. The molecule has 3 heterocycles. The molecule has 29 heavy (non-hydrogen) atoms. The summed E-state index contributed by atoms with van der Waals surface area (Å²) in [5, 5.41) is 15.7.